The third-order valence-electron chi connectivity index (χ3n) is 3.45. The van der Waals surface area contributed by atoms with Gasteiger partial charge in [-0.05, 0) is 42.0 Å². The molecule has 3 rings (SSSR count). The fourth-order valence-corrected chi connectivity index (χ4v) is 3.30. The molecule has 1 aliphatic heterocycles. The van der Waals surface area contributed by atoms with Gasteiger partial charge in [-0.3, -0.25) is 0 Å². The summed E-state index contributed by atoms with van der Waals surface area (Å²) < 4.78 is 75.4. The third kappa shape index (κ3) is 3.25. The van der Waals surface area contributed by atoms with Gasteiger partial charge in [0.25, 0.3) is 10.0 Å². The Bertz CT molecular complexity index is 919. The SMILES string of the molecule is O=S1(=O)Cc2cc(C(F)(F)F)ccc2C(c2ccc(F)cc2)=NN1. The molecular weight excluding hydrogens is 348 g/mol. The second-order valence-electron chi connectivity index (χ2n) is 5.19. The molecule has 1 heterocycles. The molecule has 9 heteroatoms. The number of halogens is 4. The zero-order valence-electron chi connectivity index (χ0n) is 11.9. The van der Waals surface area contributed by atoms with E-state index in [0.29, 0.717) is 5.56 Å². The van der Waals surface area contributed by atoms with Gasteiger partial charge in [0.15, 0.2) is 0 Å². The van der Waals surface area contributed by atoms with Gasteiger partial charge in [-0.2, -0.15) is 18.3 Å². The van der Waals surface area contributed by atoms with E-state index in [0.717, 1.165) is 24.3 Å². The maximum absolute atomic E-state index is 13.1. The number of fused-ring (bicyclic) bond motifs is 1. The van der Waals surface area contributed by atoms with Crippen LogP contribution in [0.1, 0.15) is 22.3 Å². The zero-order valence-corrected chi connectivity index (χ0v) is 12.7. The average molecular weight is 358 g/mol. The molecule has 2 aromatic rings. The van der Waals surface area contributed by atoms with Crippen molar-refractivity contribution >= 4 is 15.7 Å². The van der Waals surface area contributed by atoms with Crippen LogP contribution in [0.2, 0.25) is 0 Å². The van der Waals surface area contributed by atoms with Crippen LogP contribution in [0.5, 0.6) is 0 Å². The van der Waals surface area contributed by atoms with Crippen molar-refractivity contribution in [1.29, 1.82) is 0 Å². The first-order valence-corrected chi connectivity index (χ1v) is 8.34. The van der Waals surface area contributed by atoms with Crippen LogP contribution in [0.3, 0.4) is 0 Å². The molecule has 0 unspecified atom stereocenters. The van der Waals surface area contributed by atoms with Crippen molar-refractivity contribution in [3.63, 3.8) is 0 Å². The van der Waals surface area contributed by atoms with Crippen LogP contribution in [0.15, 0.2) is 47.6 Å². The summed E-state index contributed by atoms with van der Waals surface area (Å²) in [4.78, 5) is 1.97. The summed E-state index contributed by atoms with van der Waals surface area (Å²) in [5, 5.41) is 3.78. The maximum Gasteiger partial charge on any atom is 0.416 e. The Morgan fingerprint density at radius 3 is 2.33 bits per heavy atom. The lowest BCUT2D eigenvalue weighted by atomic mass is 9.96. The highest BCUT2D eigenvalue weighted by Gasteiger charge is 2.32. The number of benzene rings is 2. The van der Waals surface area contributed by atoms with E-state index in [9.17, 15) is 26.0 Å². The first-order chi connectivity index (χ1) is 11.2. The minimum atomic E-state index is -4.59. The van der Waals surface area contributed by atoms with E-state index in [1.54, 1.807) is 0 Å². The van der Waals surface area contributed by atoms with Crippen LogP contribution in [0.25, 0.3) is 0 Å². The van der Waals surface area contributed by atoms with Gasteiger partial charge >= 0.3 is 6.18 Å². The van der Waals surface area contributed by atoms with Crippen LogP contribution < -0.4 is 4.83 Å². The molecule has 126 valence electrons. The lowest BCUT2D eigenvalue weighted by molar-refractivity contribution is -0.137. The number of nitrogens with one attached hydrogen (secondary N) is 1. The van der Waals surface area contributed by atoms with Gasteiger partial charge in [0, 0.05) is 11.1 Å². The minimum absolute atomic E-state index is 0.0297. The fourth-order valence-electron chi connectivity index (χ4n) is 2.36. The molecule has 0 saturated carbocycles. The average Bonchev–Trinajstić information content (AvgIpc) is 2.61. The van der Waals surface area contributed by atoms with Gasteiger partial charge in [0.05, 0.1) is 17.0 Å². The van der Waals surface area contributed by atoms with Gasteiger partial charge in [-0.15, -0.1) is 0 Å². The van der Waals surface area contributed by atoms with Crippen LogP contribution in [-0.4, -0.2) is 14.1 Å². The number of hydrogen-bond donors (Lipinski definition) is 1. The molecule has 1 N–H and O–H groups in total. The van der Waals surface area contributed by atoms with Crippen LogP contribution >= 0.6 is 0 Å². The van der Waals surface area contributed by atoms with Gasteiger partial charge in [0.1, 0.15) is 5.82 Å². The summed E-state index contributed by atoms with van der Waals surface area (Å²) in [6.07, 6.45) is -4.59. The number of alkyl halides is 3. The molecule has 2 aromatic carbocycles. The Hall–Kier alpha value is -2.42. The lowest BCUT2D eigenvalue weighted by Gasteiger charge is -2.12. The lowest BCUT2D eigenvalue weighted by Crippen LogP contribution is -2.19. The Morgan fingerprint density at radius 2 is 1.71 bits per heavy atom. The van der Waals surface area contributed by atoms with E-state index in [-0.39, 0.29) is 16.8 Å². The van der Waals surface area contributed by atoms with Crippen molar-refractivity contribution in [3.8, 4) is 0 Å². The number of hydrogen-bond acceptors (Lipinski definition) is 3. The topological polar surface area (TPSA) is 58.5 Å². The molecule has 0 bridgehead atoms. The second kappa shape index (κ2) is 5.59. The van der Waals surface area contributed by atoms with E-state index in [2.05, 4.69) is 5.10 Å². The highest BCUT2D eigenvalue weighted by Crippen LogP contribution is 2.32. The van der Waals surface area contributed by atoms with Gasteiger partial charge in [-0.25, -0.2) is 17.6 Å². The monoisotopic (exact) mass is 358 g/mol. The molecule has 0 aromatic heterocycles. The summed E-state index contributed by atoms with van der Waals surface area (Å²) in [5.41, 5.74) is -0.236. The standard InChI is InChI=1S/C15H10F4N2O2S/c16-12-4-1-9(2-5-12)14-13-6-3-11(15(17,18)19)7-10(13)8-24(22,23)21-20-14/h1-7,21H,8H2. The van der Waals surface area contributed by atoms with Gasteiger partial charge < -0.3 is 0 Å². The first kappa shape index (κ1) is 16.4. The smallest absolute Gasteiger partial charge is 0.207 e. The number of rotatable bonds is 1. The Labute approximate surface area is 134 Å². The normalized spacial score (nSPS) is 16.6. The molecule has 0 aliphatic carbocycles. The quantitative estimate of drug-likeness (QED) is 0.797. The number of hydrazone groups is 1. The van der Waals surface area contributed by atoms with Crippen molar-refractivity contribution < 1.29 is 26.0 Å². The van der Waals surface area contributed by atoms with Crippen LogP contribution in [0.4, 0.5) is 17.6 Å². The third-order valence-corrected chi connectivity index (χ3v) is 4.51. The Morgan fingerprint density at radius 1 is 1.04 bits per heavy atom. The van der Waals surface area contributed by atoms with Crippen molar-refractivity contribution in [1.82, 2.24) is 4.83 Å². The van der Waals surface area contributed by atoms with Crippen molar-refractivity contribution in [3.05, 3.63) is 70.5 Å². The van der Waals surface area contributed by atoms with Crippen LogP contribution in [-0.2, 0) is 22.0 Å². The maximum atomic E-state index is 13.1. The Kier molecular flexibility index (Phi) is 3.83. The first-order valence-electron chi connectivity index (χ1n) is 6.69. The largest absolute Gasteiger partial charge is 0.416 e. The summed E-state index contributed by atoms with van der Waals surface area (Å²) in [6.45, 7) is 0. The number of sulfonamides is 1. The van der Waals surface area contributed by atoms with Crippen molar-refractivity contribution in [2.24, 2.45) is 5.10 Å². The predicted molar refractivity (Wildman–Crippen MR) is 79.2 cm³/mol. The van der Waals surface area contributed by atoms with E-state index in [1.807, 2.05) is 4.83 Å². The van der Waals surface area contributed by atoms with E-state index in [1.165, 1.54) is 18.2 Å². The van der Waals surface area contributed by atoms with Gasteiger partial charge in [0.2, 0.25) is 0 Å². The molecule has 0 saturated heterocycles. The molecule has 0 amide bonds. The molecule has 0 fully saturated rings. The second-order valence-corrected chi connectivity index (χ2v) is 6.89. The zero-order chi connectivity index (χ0) is 17.5. The van der Waals surface area contributed by atoms with Crippen molar-refractivity contribution in [2.75, 3.05) is 0 Å². The summed E-state index contributed by atoms with van der Waals surface area (Å²) in [5.74, 6) is -1.14. The van der Waals surface area contributed by atoms with Gasteiger partial charge in [-0.1, -0.05) is 6.07 Å². The van der Waals surface area contributed by atoms with Crippen molar-refractivity contribution in [2.45, 2.75) is 11.9 Å². The molecule has 0 atom stereocenters. The molecule has 1 aliphatic rings. The molecule has 0 radical (unpaired) electrons. The molecule has 24 heavy (non-hydrogen) atoms. The van der Waals surface area contributed by atoms with E-state index >= 15 is 0 Å². The molecule has 0 spiro atoms. The highest BCUT2D eigenvalue weighted by atomic mass is 32.2. The number of nitrogens with zero attached hydrogens (tertiary/aromatic N) is 1. The molecular formula is C15H10F4N2O2S. The highest BCUT2D eigenvalue weighted by molar-refractivity contribution is 7.88. The molecule has 4 nitrogen and oxygen atoms in total. The summed E-state index contributed by atoms with van der Waals surface area (Å²) in [7, 11) is -3.92. The minimum Gasteiger partial charge on any atom is -0.207 e. The summed E-state index contributed by atoms with van der Waals surface area (Å²) >= 11 is 0. The summed E-state index contributed by atoms with van der Waals surface area (Å²) in [6, 6.07) is 7.87. The Balaban J connectivity index is 2.19. The predicted octanol–water partition coefficient (Wildman–Crippen LogP) is 3.03. The van der Waals surface area contributed by atoms with E-state index in [4.69, 9.17) is 0 Å². The van der Waals surface area contributed by atoms with Crippen LogP contribution in [0, 0.1) is 5.82 Å². The van der Waals surface area contributed by atoms with E-state index < -0.39 is 33.3 Å². The fraction of sp³-hybridized carbons (Fsp3) is 0.133.